The van der Waals surface area contributed by atoms with E-state index in [4.69, 9.17) is 11.1 Å². The van der Waals surface area contributed by atoms with Gasteiger partial charge in [0.25, 0.3) is 0 Å². The minimum absolute atomic E-state index is 0.267. The lowest BCUT2D eigenvalue weighted by molar-refractivity contribution is 0.289. The van der Waals surface area contributed by atoms with Crippen molar-refractivity contribution in [3.63, 3.8) is 0 Å². The summed E-state index contributed by atoms with van der Waals surface area (Å²) in [7, 11) is 0. The van der Waals surface area contributed by atoms with Gasteiger partial charge in [-0.3, -0.25) is 10.3 Å². The van der Waals surface area contributed by atoms with Crippen molar-refractivity contribution in [3.05, 3.63) is 35.2 Å². The van der Waals surface area contributed by atoms with Crippen molar-refractivity contribution in [2.24, 2.45) is 5.73 Å². The van der Waals surface area contributed by atoms with Crippen LogP contribution in [-0.2, 0) is 6.54 Å². The summed E-state index contributed by atoms with van der Waals surface area (Å²) in [6.07, 6.45) is 0.649. The molecule has 2 aromatic rings. The first-order chi connectivity index (χ1) is 8.70. The maximum Gasteiger partial charge on any atom is 0.0918 e. The minimum atomic E-state index is 0.267. The largest absolute Gasteiger partial charge is 0.388 e. The SMILES string of the molecule is CCN(CCC(=N)N)Cc1csc2ccccc12. The van der Waals surface area contributed by atoms with Crippen LogP contribution in [0, 0.1) is 5.41 Å². The van der Waals surface area contributed by atoms with E-state index in [0.29, 0.717) is 6.42 Å². The number of hydrogen-bond acceptors (Lipinski definition) is 3. The number of nitrogens with one attached hydrogen (secondary N) is 1. The molecule has 1 heterocycles. The zero-order valence-electron chi connectivity index (χ0n) is 10.6. The van der Waals surface area contributed by atoms with Gasteiger partial charge >= 0.3 is 0 Å². The molecule has 2 rings (SSSR count). The van der Waals surface area contributed by atoms with Crippen LogP contribution in [0.4, 0.5) is 0 Å². The molecule has 0 aliphatic heterocycles. The highest BCUT2D eigenvalue weighted by Gasteiger charge is 2.08. The Kier molecular flexibility index (Phi) is 4.33. The van der Waals surface area contributed by atoms with E-state index in [9.17, 15) is 0 Å². The molecule has 3 nitrogen and oxygen atoms in total. The number of nitrogens with zero attached hydrogens (tertiary/aromatic N) is 1. The second-order valence-corrected chi connectivity index (χ2v) is 5.31. The number of hydrogen-bond donors (Lipinski definition) is 2. The number of thiophene rings is 1. The molecule has 0 bridgehead atoms. The first-order valence-electron chi connectivity index (χ1n) is 6.21. The number of amidine groups is 1. The summed E-state index contributed by atoms with van der Waals surface area (Å²) in [5.41, 5.74) is 6.79. The van der Waals surface area contributed by atoms with Gasteiger partial charge in [-0.25, -0.2) is 0 Å². The molecule has 3 N–H and O–H groups in total. The monoisotopic (exact) mass is 261 g/mol. The molecule has 0 aliphatic rings. The molecule has 1 aromatic heterocycles. The van der Waals surface area contributed by atoms with E-state index >= 15 is 0 Å². The van der Waals surface area contributed by atoms with Crippen molar-refractivity contribution in [2.45, 2.75) is 19.9 Å². The van der Waals surface area contributed by atoms with E-state index in [1.165, 1.54) is 15.6 Å². The zero-order chi connectivity index (χ0) is 13.0. The predicted octanol–water partition coefficient (Wildman–Crippen LogP) is 3.05. The normalized spacial score (nSPS) is 11.2. The fourth-order valence-electron chi connectivity index (χ4n) is 2.02. The van der Waals surface area contributed by atoms with Crippen molar-refractivity contribution < 1.29 is 0 Å². The summed E-state index contributed by atoms with van der Waals surface area (Å²) < 4.78 is 1.34. The van der Waals surface area contributed by atoms with Crippen LogP contribution >= 0.6 is 11.3 Å². The maximum atomic E-state index is 7.30. The summed E-state index contributed by atoms with van der Waals surface area (Å²) in [6.45, 7) is 4.93. The molecular formula is C14H19N3S. The van der Waals surface area contributed by atoms with Crippen LogP contribution in [0.3, 0.4) is 0 Å². The number of fused-ring (bicyclic) bond motifs is 1. The molecule has 0 saturated carbocycles. The van der Waals surface area contributed by atoms with Gasteiger partial charge in [0.1, 0.15) is 0 Å². The fraction of sp³-hybridized carbons (Fsp3) is 0.357. The molecule has 0 amide bonds. The van der Waals surface area contributed by atoms with Crippen molar-refractivity contribution >= 4 is 27.3 Å². The summed E-state index contributed by atoms with van der Waals surface area (Å²) in [5.74, 6) is 0.267. The van der Waals surface area contributed by atoms with Crippen LogP contribution in [0.15, 0.2) is 29.6 Å². The molecule has 1 aromatic carbocycles. The molecule has 0 unspecified atom stereocenters. The molecule has 4 heteroatoms. The third kappa shape index (κ3) is 3.09. The number of benzene rings is 1. The van der Waals surface area contributed by atoms with Crippen LogP contribution < -0.4 is 5.73 Å². The molecule has 0 aliphatic carbocycles. The van der Waals surface area contributed by atoms with Crippen LogP contribution in [0.1, 0.15) is 18.9 Å². The lowest BCUT2D eigenvalue weighted by Crippen LogP contribution is -2.27. The van der Waals surface area contributed by atoms with Crippen molar-refractivity contribution in [1.29, 1.82) is 5.41 Å². The van der Waals surface area contributed by atoms with E-state index in [-0.39, 0.29) is 5.84 Å². The molecule has 0 saturated heterocycles. The predicted molar refractivity (Wildman–Crippen MR) is 79.3 cm³/mol. The van der Waals surface area contributed by atoms with E-state index in [1.54, 1.807) is 11.3 Å². The molecular weight excluding hydrogens is 242 g/mol. The van der Waals surface area contributed by atoms with Crippen molar-refractivity contribution in [3.8, 4) is 0 Å². The Bertz CT molecular complexity index is 533. The topological polar surface area (TPSA) is 53.1 Å². The number of nitrogens with two attached hydrogens (primary N) is 1. The summed E-state index contributed by atoms with van der Waals surface area (Å²) >= 11 is 1.80. The Balaban J connectivity index is 2.09. The lowest BCUT2D eigenvalue weighted by Gasteiger charge is -2.19. The molecule has 96 valence electrons. The molecule has 0 spiro atoms. The van der Waals surface area contributed by atoms with E-state index in [2.05, 4.69) is 41.5 Å². The summed E-state index contributed by atoms with van der Waals surface area (Å²) in [4.78, 5) is 2.33. The highest BCUT2D eigenvalue weighted by molar-refractivity contribution is 7.17. The van der Waals surface area contributed by atoms with Gasteiger partial charge in [-0.05, 0) is 28.9 Å². The molecule has 0 fully saturated rings. The average molecular weight is 261 g/mol. The zero-order valence-corrected chi connectivity index (χ0v) is 11.5. The van der Waals surface area contributed by atoms with Crippen LogP contribution in [0.2, 0.25) is 0 Å². The van der Waals surface area contributed by atoms with Gasteiger partial charge in [0.2, 0.25) is 0 Å². The second-order valence-electron chi connectivity index (χ2n) is 4.40. The standard InChI is InChI=1S/C14H19N3S/c1-2-17(8-7-14(15)16)9-11-10-18-13-6-4-3-5-12(11)13/h3-6,10H,2,7-9H2,1H3,(H3,15,16). The Morgan fingerprint density at radius 3 is 2.89 bits per heavy atom. The second kappa shape index (κ2) is 5.98. The fourth-order valence-corrected chi connectivity index (χ4v) is 2.98. The third-order valence-electron chi connectivity index (χ3n) is 3.10. The molecule has 18 heavy (non-hydrogen) atoms. The Labute approximate surface area is 112 Å². The molecule has 0 atom stereocenters. The first-order valence-corrected chi connectivity index (χ1v) is 7.09. The maximum absolute atomic E-state index is 7.30. The quantitative estimate of drug-likeness (QED) is 0.620. The summed E-state index contributed by atoms with van der Waals surface area (Å²) in [6, 6.07) is 8.51. The van der Waals surface area contributed by atoms with Gasteiger partial charge < -0.3 is 5.73 Å². The Morgan fingerprint density at radius 1 is 1.39 bits per heavy atom. The highest BCUT2D eigenvalue weighted by Crippen LogP contribution is 2.26. The van der Waals surface area contributed by atoms with Crippen molar-refractivity contribution in [2.75, 3.05) is 13.1 Å². The highest BCUT2D eigenvalue weighted by atomic mass is 32.1. The van der Waals surface area contributed by atoms with Gasteiger partial charge in [0.05, 0.1) is 5.84 Å². The van der Waals surface area contributed by atoms with Crippen LogP contribution in [-0.4, -0.2) is 23.8 Å². The van der Waals surface area contributed by atoms with E-state index < -0.39 is 0 Å². The van der Waals surface area contributed by atoms with Gasteiger partial charge in [0, 0.05) is 24.2 Å². The van der Waals surface area contributed by atoms with Crippen molar-refractivity contribution in [1.82, 2.24) is 4.90 Å². The van der Waals surface area contributed by atoms with Crippen LogP contribution in [0.25, 0.3) is 10.1 Å². The van der Waals surface area contributed by atoms with Gasteiger partial charge in [-0.1, -0.05) is 25.1 Å². The van der Waals surface area contributed by atoms with Crippen LogP contribution in [0.5, 0.6) is 0 Å². The van der Waals surface area contributed by atoms with Gasteiger partial charge in [-0.2, -0.15) is 0 Å². The Morgan fingerprint density at radius 2 is 2.17 bits per heavy atom. The van der Waals surface area contributed by atoms with Gasteiger partial charge in [-0.15, -0.1) is 11.3 Å². The minimum Gasteiger partial charge on any atom is -0.388 e. The average Bonchev–Trinajstić information content (AvgIpc) is 2.77. The summed E-state index contributed by atoms with van der Waals surface area (Å²) in [5, 5.41) is 10.9. The van der Waals surface area contributed by atoms with E-state index in [1.807, 2.05) is 0 Å². The molecule has 0 radical (unpaired) electrons. The Hall–Kier alpha value is -1.39. The van der Waals surface area contributed by atoms with Gasteiger partial charge in [0.15, 0.2) is 0 Å². The first kappa shape index (κ1) is 13.1. The lowest BCUT2D eigenvalue weighted by atomic mass is 10.1. The third-order valence-corrected chi connectivity index (χ3v) is 4.11. The number of rotatable bonds is 6. The van der Waals surface area contributed by atoms with E-state index in [0.717, 1.165) is 19.6 Å². The smallest absolute Gasteiger partial charge is 0.0918 e.